The third-order valence-corrected chi connectivity index (χ3v) is 4.72. The number of esters is 1. The monoisotopic (exact) mass is 310 g/mol. The zero-order valence-electron chi connectivity index (χ0n) is 14.9. The highest BCUT2D eigenvalue weighted by atomic mass is 16.5. The number of hydrogen-bond acceptors (Lipinski definition) is 3. The first kappa shape index (κ1) is 19.2. The van der Waals surface area contributed by atoms with Crippen LogP contribution in [0.3, 0.4) is 0 Å². The second-order valence-corrected chi connectivity index (χ2v) is 6.52. The number of carbonyl (C=O) groups is 1. The van der Waals surface area contributed by atoms with Crippen LogP contribution in [0.2, 0.25) is 0 Å². The van der Waals surface area contributed by atoms with Crippen molar-refractivity contribution in [2.45, 2.75) is 84.8 Å². The largest absolute Gasteiger partial charge is 0.466 e. The fraction of sp³-hybridized carbons (Fsp3) is 0.842. The molecule has 1 saturated heterocycles. The van der Waals surface area contributed by atoms with Gasteiger partial charge in [0, 0.05) is 5.92 Å². The Kier molecular flexibility index (Phi) is 8.77. The number of hydrogen-bond donors (Lipinski definition) is 0. The highest BCUT2D eigenvalue weighted by molar-refractivity contribution is 5.73. The second kappa shape index (κ2) is 10.0. The summed E-state index contributed by atoms with van der Waals surface area (Å²) >= 11 is 0. The van der Waals surface area contributed by atoms with Gasteiger partial charge >= 0.3 is 5.97 Å². The molecule has 0 saturated carbocycles. The van der Waals surface area contributed by atoms with Gasteiger partial charge in [-0.05, 0) is 33.1 Å². The Hall–Kier alpha value is -0.830. The Morgan fingerprint density at radius 2 is 1.86 bits per heavy atom. The van der Waals surface area contributed by atoms with Crippen LogP contribution in [-0.2, 0) is 14.3 Å². The summed E-state index contributed by atoms with van der Waals surface area (Å²) in [5, 5.41) is 0. The van der Waals surface area contributed by atoms with E-state index in [4.69, 9.17) is 9.47 Å². The van der Waals surface area contributed by atoms with Crippen LogP contribution < -0.4 is 0 Å². The molecule has 0 aromatic rings. The third-order valence-electron chi connectivity index (χ3n) is 4.72. The van der Waals surface area contributed by atoms with E-state index in [-0.39, 0.29) is 30.0 Å². The Bertz CT molecular complexity index is 351. The summed E-state index contributed by atoms with van der Waals surface area (Å²) in [5.74, 6) is 0.0300. The Labute approximate surface area is 136 Å². The molecule has 1 rings (SSSR count). The SMILES string of the molecule is C=C(C)[C@@H]1C[C@H](C(=O)OCC)[C@@H](CC)O[C@H]1CCCCCC. The topological polar surface area (TPSA) is 35.5 Å². The number of ether oxygens (including phenoxy) is 2. The molecule has 0 N–H and O–H groups in total. The minimum atomic E-state index is -0.140. The van der Waals surface area contributed by atoms with E-state index in [9.17, 15) is 4.79 Å². The van der Waals surface area contributed by atoms with Crippen molar-refractivity contribution in [1.82, 2.24) is 0 Å². The molecule has 3 nitrogen and oxygen atoms in total. The van der Waals surface area contributed by atoms with Crippen LogP contribution in [0.5, 0.6) is 0 Å². The molecule has 1 aliphatic heterocycles. The van der Waals surface area contributed by atoms with Gasteiger partial charge in [0.25, 0.3) is 0 Å². The summed E-state index contributed by atoms with van der Waals surface area (Å²) in [5.41, 5.74) is 1.13. The lowest BCUT2D eigenvalue weighted by molar-refractivity contribution is -0.168. The lowest BCUT2D eigenvalue weighted by Crippen LogP contribution is -2.45. The molecule has 128 valence electrons. The summed E-state index contributed by atoms with van der Waals surface area (Å²) in [6.07, 6.45) is 7.95. The van der Waals surface area contributed by atoms with Crippen molar-refractivity contribution in [3.63, 3.8) is 0 Å². The summed E-state index contributed by atoms with van der Waals surface area (Å²) in [7, 11) is 0. The van der Waals surface area contributed by atoms with E-state index in [1.54, 1.807) is 0 Å². The van der Waals surface area contributed by atoms with E-state index in [1.165, 1.54) is 25.7 Å². The molecule has 22 heavy (non-hydrogen) atoms. The summed E-state index contributed by atoms with van der Waals surface area (Å²) in [6.45, 7) is 12.8. The molecule has 1 heterocycles. The molecule has 4 atom stereocenters. The zero-order chi connectivity index (χ0) is 16.5. The van der Waals surface area contributed by atoms with E-state index in [0.717, 1.165) is 24.8 Å². The summed E-state index contributed by atoms with van der Waals surface area (Å²) in [4.78, 5) is 12.2. The van der Waals surface area contributed by atoms with E-state index in [2.05, 4.69) is 27.4 Å². The smallest absolute Gasteiger partial charge is 0.311 e. The standard InChI is InChI=1S/C19H34O3/c1-6-9-10-11-12-18-15(14(4)5)13-16(17(7-2)22-18)19(20)21-8-3/h15-18H,4,6-13H2,1-3,5H3/t15-,16-,17+,18-/m0/s1. The lowest BCUT2D eigenvalue weighted by atomic mass is 9.78. The van der Waals surface area contributed by atoms with Crippen LogP contribution in [-0.4, -0.2) is 24.8 Å². The highest BCUT2D eigenvalue weighted by Crippen LogP contribution is 2.37. The fourth-order valence-corrected chi connectivity index (χ4v) is 3.43. The molecule has 3 heteroatoms. The van der Waals surface area contributed by atoms with Gasteiger partial charge in [-0.15, -0.1) is 0 Å². The van der Waals surface area contributed by atoms with E-state index in [1.807, 2.05) is 6.92 Å². The molecular weight excluding hydrogens is 276 g/mol. The molecule has 0 aliphatic carbocycles. The molecule has 0 bridgehead atoms. The normalized spacial score (nSPS) is 28.4. The van der Waals surface area contributed by atoms with Crippen LogP contribution >= 0.6 is 0 Å². The second-order valence-electron chi connectivity index (χ2n) is 6.52. The van der Waals surface area contributed by atoms with E-state index in [0.29, 0.717) is 6.61 Å². The van der Waals surface area contributed by atoms with Crippen LogP contribution in [0.25, 0.3) is 0 Å². The van der Waals surface area contributed by atoms with Crippen molar-refractivity contribution in [2.75, 3.05) is 6.61 Å². The van der Waals surface area contributed by atoms with Crippen molar-refractivity contribution in [3.8, 4) is 0 Å². The van der Waals surface area contributed by atoms with Gasteiger partial charge in [0.1, 0.15) is 0 Å². The van der Waals surface area contributed by atoms with Gasteiger partial charge in [-0.25, -0.2) is 0 Å². The van der Waals surface area contributed by atoms with E-state index >= 15 is 0 Å². The predicted molar refractivity (Wildman–Crippen MR) is 90.8 cm³/mol. The maximum atomic E-state index is 12.2. The van der Waals surface area contributed by atoms with Gasteiger partial charge in [-0.1, -0.05) is 51.7 Å². The van der Waals surface area contributed by atoms with Gasteiger partial charge in [0.2, 0.25) is 0 Å². The average molecular weight is 310 g/mol. The number of rotatable bonds is 9. The van der Waals surface area contributed by atoms with Gasteiger partial charge in [-0.3, -0.25) is 4.79 Å². The number of carbonyl (C=O) groups excluding carboxylic acids is 1. The molecule has 0 spiro atoms. The minimum absolute atomic E-state index is 0.00850. The number of unbranched alkanes of at least 4 members (excludes halogenated alkanes) is 3. The van der Waals surface area contributed by atoms with Crippen molar-refractivity contribution in [1.29, 1.82) is 0 Å². The predicted octanol–water partition coefficient (Wildman–Crippen LogP) is 4.90. The van der Waals surface area contributed by atoms with Crippen LogP contribution in [0, 0.1) is 11.8 Å². The van der Waals surface area contributed by atoms with Crippen molar-refractivity contribution >= 4 is 5.97 Å². The molecule has 0 amide bonds. The summed E-state index contributed by atoms with van der Waals surface area (Å²) in [6, 6.07) is 0. The maximum absolute atomic E-state index is 12.2. The van der Waals surface area contributed by atoms with Crippen molar-refractivity contribution in [3.05, 3.63) is 12.2 Å². The van der Waals surface area contributed by atoms with Crippen molar-refractivity contribution < 1.29 is 14.3 Å². The van der Waals surface area contributed by atoms with Gasteiger partial charge in [-0.2, -0.15) is 0 Å². The molecule has 0 aromatic carbocycles. The lowest BCUT2D eigenvalue weighted by Gasteiger charge is -2.41. The third kappa shape index (κ3) is 5.42. The first-order chi connectivity index (χ1) is 10.5. The van der Waals surface area contributed by atoms with Gasteiger partial charge < -0.3 is 9.47 Å². The van der Waals surface area contributed by atoms with E-state index < -0.39 is 0 Å². The molecule has 0 unspecified atom stereocenters. The van der Waals surface area contributed by atoms with Crippen LogP contribution in [0.15, 0.2) is 12.2 Å². The Balaban J connectivity index is 2.71. The molecular formula is C19H34O3. The first-order valence-electron chi connectivity index (χ1n) is 9.02. The molecule has 0 radical (unpaired) electrons. The first-order valence-corrected chi connectivity index (χ1v) is 9.02. The minimum Gasteiger partial charge on any atom is -0.466 e. The zero-order valence-corrected chi connectivity index (χ0v) is 14.9. The van der Waals surface area contributed by atoms with Gasteiger partial charge in [0.15, 0.2) is 0 Å². The molecule has 1 aliphatic rings. The maximum Gasteiger partial charge on any atom is 0.311 e. The average Bonchev–Trinajstić information content (AvgIpc) is 2.50. The molecule has 0 aromatic heterocycles. The molecule has 1 fully saturated rings. The Morgan fingerprint density at radius 1 is 1.14 bits per heavy atom. The van der Waals surface area contributed by atoms with Gasteiger partial charge in [0.05, 0.1) is 24.7 Å². The quantitative estimate of drug-likeness (QED) is 0.345. The van der Waals surface area contributed by atoms with Crippen molar-refractivity contribution in [2.24, 2.45) is 11.8 Å². The van der Waals surface area contributed by atoms with Crippen LogP contribution in [0.1, 0.15) is 72.6 Å². The fourth-order valence-electron chi connectivity index (χ4n) is 3.43. The highest BCUT2D eigenvalue weighted by Gasteiger charge is 2.41. The van der Waals surface area contributed by atoms with Crippen LogP contribution in [0.4, 0.5) is 0 Å². The summed E-state index contributed by atoms with van der Waals surface area (Å²) < 4.78 is 11.5. The Morgan fingerprint density at radius 3 is 2.41 bits per heavy atom.